The lowest BCUT2D eigenvalue weighted by atomic mass is 9.81. The van der Waals surface area contributed by atoms with Crippen LogP contribution >= 0.6 is 0 Å². The molecule has 1 unspecified atom stereocenters. The van der Waals surface area contributed by atoms with Crippen molar-refractivity contribution in [1.29, 1.82) is 0 Å². The Morgan fingerprint density at radius 1 is 1.33 bits per heavy atom. The Labute approximate surface area is 93.1 Å². The van der Waals surface area contributed by atoms with Crippen LogP contribution < -0.4 is 0 Å². The van der Waals surface area contributed by atoms with E-state index in [4.69, 9.17) is 5.11 Å². The summed E-state index contributed by atoms with van der Waals surface area (Å²) in [5, 5.41) is 9.13. The van der Waals surface area contributed by atoms with Crippen molar-refractivity contribution in [3.8, 4) is 0 Å². The van der Waals surface area contributed by atoms with Gasteiger partial charge < -0.3 is 5.11 Å². The third-order valence-corrected chi connectivity index (χ3v) is 3.60. The molecule has 0 bridgehead atoms. The molecule has 15 heavy (non-hydrogen) atoms. The van der Waals surface area contributed by atoms with Crippen LogP contribution in [0.1, 0.15) is 64.7 Å². The highest BCUT2D eigenvalue weighted by molar-refractivity contribution is 5.69. The smallest absolute Gasteiger partial charge is 0.306 e. The van der Waals surface area contributed by atoms with Crippen molar-refractivity contribution in [3.05, 3.63) is 0 Å². The maximum Gasteiger partial charge on any atom is 0.306 e. The Morgan fingerprint density at radius 3 is 2.53 bits per heavy atom. The van der Waals surface area contributed by atoms with Crippen LogP contribution in [0.25, 0.3) is 0 Å². The van der Waals surface area contributed by atoms with Crippen molar-refractivity contribution in [2.45, 2.75) is 64.7 Å². The SMILES string of the molecule is CCCCC(CC1CCCCC1)C(=O)O. The van der Waals surface area contributed by atoms with Gasteiger partial charge in [0.25, 0.3) is 0 Å². The first-order chi connectivity index (χ1) is 7.24. The van der Waals surface area contributed by atoms with Gasteiger partial charge in [0.1, 0.15) is 0 Å². The second kappa shape index (κ2) is 6.86. The minimum Gasteiger partial charge on any atom is -0.481 e. The number of aliphatic carboxylic acids is 1. The molecule has 1 N–H and O–H groups in total. The zero-order valence-electron chi connectivity index (χ0n) is 9.87. The van der Waals surface area contributed by atoms with Gasteiger partial charge in [-0.2, -0.15) is 0 Å². The summed E-state index contributed by atoms with van der Waals surface area (Å²) < 4.78 is 0. The fourth-order valence-corrected chi connectivity index (χ4v) is 2.62. The molecule has 1 fully saturated rings. The summed E-state index contributed by atoms with van der Waals surface area (Å²) in [5.41, 5.74) is 0. The lowest BCUT2D eigenvalue weighted by molar-refractivity contribution is -0.142. The van der Waals surface area contributed by atoms with E-state index >= 15 is 0 Å². The highest BCUT2D eigenvalue weighted by atomic mass is 16.4. The van der Waals surface area contributed by atoms with Gasteiger partial charge in [-0.1, -0.05) is 51.9 Å². The fraction of sp³-hybridized carbons (Fsp3) is 0.923. The van der Waals surface area contributed by atoms with E-state index in [9.17, 15) is 4.79 Å². The molecule has 2 heteroatoms. The first-order valence-corrected chi connectivity index (χ1v) is 6.46. The van der Waals surface area contributed by atoms with E-state index in [-0.39, 0.29) is 5.92 Å². The van der Waals surface area contributed by atoms with Crippen LogP contribution in [0.5, 0.6) is 0 Å². The molecule has 1 saturated carbocycles. The van der Waals surface area contributed by atoms with Crippen molar-refractivity contribution in [3.63, 3.8) is 0 Å². The zero-order valence-corrected chi connectivity index (χ0v) is 9.87. The third-order valence-electron chi connectivity index (χ3n) is 3.60. The summed E-state index contributed by atoms with van der Waals surface area (Å²) in [6.07, 6.45) is 10.5. The Hall–Kier alpha value is -0.530. The van der Waals surface area contributed by atoms with E-state index in [1.165, 1.54) is 32.1 Å². The lowest BCUT2D eigenvalue weighted by Crippen LogP contribution is -2.19. The van der Waals surface area contributed by atoms with E-state index < -0.39 is 5.97 Å². The average molecular weight is 212 g/mol. The molecule has 1 aliphatic rings. The van der Waals surface area contributed by atoms with E-state index in [0.29, 0.717) is 5.92 Å². The van der Waals surface area contributed by atoms with Crippen LogP contribution in [0.15, 0.2) is 0 Å². The van der Waals surface area contributed by atoms with E-state index in [2.05, 4.69) is 6.92 Å². The first-order valence-electron chi connectivity index (χ1n) is 6.46. The standard InChI is InChI=1S/C13H24O2/c1-2-3-9-12(13(14)15)10-11-7-5-4-6-8-11/h11-12H,2-10H2,1H3,(H,14,15). The first kappa shape index (κ1) is 12.5. The number of carboxylic acids is 1. The predicted octanol–water partition coefficient (Wildman–Crippen LogP) is 3.85. The highest BCUT2D eigenvalue weighted by Gasteiger charge is 2.23. The molecule has 1 aliphatic carbocycles. The third kappa shape index (κ3) is 4.67. The lowest BCUT2D eigenvalue weighted by Gasteiger charge is -2.24. The topological polar surface area (TPSA) is 37.3 Å². The normalized spacial score (nSPS) is 20.1. The molecule has 0 spiro atoms. The van der Waals surface area contributed by atoms with Gasteiger partial charge in [-0.25, -0.2) is 0 Å². The molecule has 2 nitrogen and oxygen atoms in total. The van der Waals surface area contributed by atoms with Crippen molar-refractivity contribution in [2.24, 2.45) is 11.8 Å². The number of rotatable bonds is 6. The summed E-state index contributed by atoms with van der Waals surface area (Å²) in [4.78, 5) is 11.1. The van der Waals surface area contributed by atoms with Crippen LogP contribution in [-0.2, 0) is 4.79 Å². The van der Waals surface area contributed by atoms with Crippen molar-refractivity contribution in [1.82, 2.24) is 0 Å². The maximum absolute atomic E-state index is 11.1. The van der Waals surface area contributed by atoms with Gasteiger partial charge in [-0.3, -0.25) is 4.79 Å². The van der Waals surface area contributed by atoms with Crippen molar-refractivity contribution in [2.75, 3.05) is 0 Å². The van der Waals surface area contributed by atoms with E-state index in [1.54, 1.807) is 0 Å². The van der Waals surface area contributed by atoms with Gasteiger partial charge >= 0.3 is 5.97 Å². The summed E-state index contributed by atoms with van der Waals surface area (Å²) in [7, 11) is 0. The second-order valence-corrected chi connectivity index (χ2v) is 4.92. The summed E-state index contributed by atoms with van der Waals surface area (Å²) >= 11 is 0. The minimum absolute atomic E-state index is 0.0759. The number of unbranched alkanes of at least 4 members (excludes halogenated alkanes) is 1. The van der Waals surface area contributed by atoms with Gasteiger partial charge in [0.15, 0.2) is 0 Å². The number of hydrogen-bond acceptors (Lipinski definition) is 1. The predicted molar refractivity (Wildman–Crippen MR) is 61.8 cm³/mol. The molecule has 0 aromatic carbocycles. The molecule has 1 atom stereocenters. The summed E-state index contributed by atoms with van der Waals surface area (Å²) in [6.45, 7) is 2.12. The minimum atomic E-state index is -0.575. The van der Waals surface area contributed by atoms with Gasteiger partial charge in [-0.15, -0.1) is 0 Å². The molecule has 0 aromatic rings. The number of hydrogen-bond donors (Lipinski definition) is 1. The van der Waals surface area contributed by atoms with Crippen molar-refractivity contribution < 1.29 is 9.90 Å². The number of carbonyl (C=O) groups is 1. The van der Waals surface area contributed by atoms with Crippen LogP contribution in [0.3, 0.4) is 0 Å². The average Bonchev–Trinajstić information content (AvgIpc) is 2.25. The van der Waals surface area contributed by atoms with E-state index in [0.717, 1.165) is 25.7 Å². The molecule has 0 radical (unpaired) electrons. The second-order valence-electron chi connectivity index (χ2n) is 4.92. The number of carboxylic acid groups (broad SMARTS) is 1. The van der Waals surface area contributed by atoms with E-state index in [1.807, 2.05) is 0 Å². The quantitative estimate of drug-likeness (QED) is 0.726. The fourth-order valence-electron chi connectivity index (χ4n) is 2.62. The monoisotopic (exact) mass is 212 g/mol. The Bertz CT molecular complexity index is 183. The largest absolute Gasteiger partial charge is 0.481 e. The zero-order chi connectivity index (χ0) is 11.1. The molecule has 88 valence electrons. The highest BCUT2D eigenvalue weighted by Crippen LogP contribution is 2.30. The molecule has 0 saturated heterocycles. The van der Waals surface area contributed by atoms with Crippen LogP contribution in [0.4, 0.5) is 0 Å². The molecule has 0 heterocycles. The molecular weight excluding hydrogens is 188 g/mol. The summed E-state index contributed by atoms with van der Waals surface area (Å²) in [5.74, 6) is 0.0405. The molecule has 0 aromatic heterocycles. The van der Waals surface area contributed by atoms with Crippen LogP contribution in [0.2, 0.25) is 0 Å². The Balaban J connectivity index is 2.31. The maximum atomic E-state index is 11.1. The van der Waals surface area contributed by atoms with Gasteiger partial charge in [0, 0.05) is 0 Å². The van der Waals surface area contributed by atoms with Gasteiger partial charge in [0.05, 0.1) is 5.92 Å². The van der Waals surface area contributed by atoms with Crippen molar-refractivity contribution >= 4 is 5.97 Å². The van der Waals surface area contributed by atoms with Crippen LogP contribution in [-0.4, -0.2) is 11.1 Å². The molecule has 1 rings (SSSR count). The Morgan fingerprint density at radius 2 is 2.00 bits per heavy atom. The molecule has 0 aliphatic heterocycles. The Kier molecular flexibility index (Phi) is 5.74. The molecule has 0 amide bonds. The van der Waals surface area contributed by atoms with Gasteiger partial charge in [-0.05, 0) is 18.8 Å². The molecular formula is C13H24O2. The summed E-state index contributed by atoms with van der Waals surface area (Å²) in [6, 6.07) is 0. The van der Waals surface area contributed by atoms with Gasteiger partial charge in [0.2, 0.25) is 0 Å². The van der Waals surface area contributed by atoms with Crippen LogP contribution in [0, 0.1) is 11.8 Å².